The number of rotatable bonds is 2. The van der Waals surface area contributed by atoms with Crippen LogP contribution in [-0.2, 0) is 0 Å². The summed E-state index contributed by atoms with van der Waals surface area (Å²) in [6, 6.07) is 13.1. The molecule has 1 heterocycles. The van der Waals surface area contributed by atoms with Crippen molar-refractivity contribution >= 4 is 34.5 Å². The van der Waals surface area contributed by atoms with Crippen molar-refractivity contribution in [2.24, 2.45) is 0 Å². The van der Waals surface area contributed by atoms with E-state index in [0.717, 1.165) is 0 Å². The zero-order chi connectivity index (χ0) is 14.3. The smallest absolute Gasteiger partial charge is 0.0527 e. The molecule has 3 nitrogen and oxygen atoms in total. The normalized spacial score (nSPS) is 11.1. The van der Waals surface area contributed by atoms with Gasteiger partial charge in [0.25, 0.3) is 0 Å². The van der Waals surface area contributed by atoms with Crippen LogP contribution in [-0.4, -0.2) is 28.2 Å². The molecule has 1 aliphatic heterocycles. The molecule has 3 rings (SSSR count). The average Bonchev–Trinajstić information content (AvgIpc) is 2.43. The average molecular weight is 318 g/mol. The molecule has 22 heavy (non-hydrogen) atoms. The Balaban J connectivity index is 0.00000121. The van der Waals surface area contributed by atoms with E-state index < -0.39 is 0 Å². The summed E-state index contributed by atoms with van der Waals surface area (Å²) < 4.78 is 0. The van der Waals surface area contributed by atoms with Crippen LogP contribution in [0.25, 0.3) is 0 Å². The standard InChI is InChI=1S/C16H19N3S.2CH4/c1-18(2)11-5-7-13-15(9-11)20-16-10-12(19(3)4)6-8-14(16)17-13;;/h5-10,17H,1-4H3;2*1H4. The fourth-order valence-corrected chi connectivity index (χ4v) is 3.27. The number of hydrogen-bond donors (Lipinski definition) is 1. The SMILES string of the molecule is C.C.CN(C)c1ccc2c(c1)Sc1cc(N(C)C)ccc1N2. The molecule has 0 saturated heterocycles. The Morgan fingerprint density at radius 2 is 1.14 bits per heavy atom. The van der Waals surface area contributed by atoms with Crippen molar-refractivity contribution in [2.75, 3.05) is 43.3 Å². The van der Waals surface area contributed by atoms with E-state index in [9.17, 15) is 0 Å². The number of fused-ring (bicyclic) bond motifs is 2. The van der Waals surface area contributed by atoms with Crippen molar-refractivity contribution in [3.63, 3.8) is 0 Å². The molecule has 4 heteroatoms. The molecule has 1 N–H and O–H groups in total. The fourth-order valence-electron chi connectivity index (χ4n) is 2.22. The van der Waals surface area contributed by atoms with Gasteiger partial charge in [0.15, 0.2) is 0 Å². The van der Waals surface area contributed by atoms with E-state index in [1.165, 1.54) is 32.5 Å². The van der Waals surface area contributed by atoms with E-state index in [-0.39, 0.29) is 14.9 Å². The molecule has 0 aliphatic carbocycles. The van der Waals surface area contributed by atoms with Crippen LogP contribution in [0.3, 0.4) is 0 Å². The minimum Gasteiger partial charge on any atom is -0.378 e. The predicted octanol–water partition coefficient (Wildman–Crippen LogP) is 5.30. The zero-order valence-corrected chi connectivity index (χ0v) is 13.1. The molecule has 2 aromatic carbocycles. The highest BCUT2D eigenvalue weighted by atomic mass is 32.2. The molecule has 1 aliphatic rings. The Kier molecular flexibility index (Phi) is 5.78. The van der Waals surface area contributed by atoms with Gasteiger partial charge < -0.3 is 15.1 Å². The Morgan fingerprint density at radius 1 is 0.727 bits per heavy atom. The summed E-state index contributed by atoms with van der Waals surface area (Å²) in [7, 11) is 8.28. The molecule has 0 radical (unpaired) electrons. The fraction of sp³-hybridized carbons (Fsp3) is 0.333. The summed E-state index contributed by atoms with van der Waals surface area (Å²) in [6.45, 7) is 0. The Hall–Kier alpha value is -1.81. The maximum Gasteiger partial charge on any atom is 0.0527 e. The molecular formula is C18H27N3S. The summed E-state index contributed by atoms with van der Waals surface area (Å²) >= 11 is 1.83. The Morgan fingerprint density at radius 3 is 1.50 bits per heavy atom. The second-order valence-corrected chi connectivity index (χ2v) is 6.46. The summed E-state index contributed by atoms with van der Waals surface area (Å²) in [5, 5.41) is 3.51. The van der Waals surface area contributed by atoms with Gasteiger partial charge in [-0.15, -0.1) is 0 Å². The molecule has 0 amide bonds. The highest BCUT2D eigenvalue weighted by Gasteiger charge is 2.17. The third-order valence-electron chi connectivity index (χ3n) is 3.45. The summed E-state index contributed by atoms with van der Waals surface area (Å²) in [6.07, 6.45) is 0. The first-order chi connectivity index (χ1) is 9.54. The molecule has 0 bridgehead atoms. The largest absolute Gasteiger partial charge is 0.378 e. The Bertz CT molecular complexity index is 595. The number of benzene rings is 2. The van der Waals surface area contributed by atoms with E-state index in [4.69, 9.17) is 0 Å². The van der Waals surface area contributed by atoms with Gasteiger partial charge in [0.2, 0.25) is 0 Å². The molecular weight excluding hydrogens is 290 g/mol. The molecule has 0 spiro atoms. The predicted molar refractivity (Wildman–Crippen MR) is 102 cm³/mol. The van der Waals surface area contributed by atoms with Gasteiger partial charge in [0.05, 0.1) is 11.4 Å². The minimum atomic E-state index is 0. The lowest BCUT2D eigenvalue weighted by molar-refractivity contribution is 1.11. The number of anilines is 4. The van der Waals surface area contributed by atoms with Crippen molar-refractivity contribution in [2.45, 2.75) is 24.6 Å². The van der Waals surface area contributed by atoms with E-state index in [0.29, 0.717) is 0 Å². The summed E-state index contributed by atoms with van der Waals surface area (Å²) in [5.74, 6) is 0. The first-order valence-electron chi connectivity index (χ1n) is 6.62. The maximum atomic E-state index is 3.51. The molecule has 0 saturated carbocycles. The van der Waals surface area contributed by atoms with Gasteiger partial charge in [-0.1, -0.05) is 26.6 Å². The van der Waals surface area contributed by atoms with Gasteiger partial charge in [-0.25, -0.2) is 0 Å². The van der Waals surface area contributed by atoms with Crippen molar-refractivity contribution in [1.29, 1.82) is 0 Å². The third kappa shape index (κ3) is 3.33. The van der Waals surface area contributed by atoms with E-state index in [1.54, 1.807) is 0 Å². The van der Waals surface area contributed by atoms with E-state index in [2.05, 4.69) is 79.7 Å². The first kappa shape index (κ1) is 18.2. The Labute approximate surface area is 139 Å². The van der Waals surface area contributed by atoms with Gasteiger partial charge in [-0.3, -0.25) is 0 Å². The van der Waals surface area contributed by atoms with Crippen LogP contribution >= 0.6 is 11.8 Å². The summed E-state index contributed by atoms with van der Waals surface area (Å²) in [5.41, 5.74) is 4.83. The van der Waals surface area contributed by atoms with Gasteiger partial charge in [0, 0.05) is 49.4 Å². The minimum absolute atomic E-state index is 0. The van der Waals surface area contributed by atoms with Crippen molar-refractivity contribution in [3.05, 3.63) is 36.4 Å². The van der Waals surface area contributed by atoms with E-state index in [1.807, 2.05) is 11.8 Å². The second kappa shape index (κ2) is 6.97. The third-order valence-corrected chi connectivity index (χ3v) is 4.57. The zero-order valence-electron chi connectivity index (χ0n) is 12.3. The molecule has 120 valence electrons. The van der Waals surface area contributed by atoms with E-state index >= 15 is 0 Å². The van der Waals surface area contributed by atoms with Crippen LogP contribution < -0.4 is 15.1 Å². The van der Waals surface area contributed by atoms with Crippen molar-refractivity contribution in [1.82, 2.24) is 0 Å². The monoisotopic (exact) mass is 317 g/mol. The van der Waals surface area contributed by atoms with Gasteiger partial charge >= 0.3 is 0 Å². The highest BCUT2D eigenvalue weighted by Crippen LogP contribution is 2.46. The maximum absolute atomic E-state index is 3.51. The summed E-state index contributed by atoms with van der Waals surface area (Å²) in [4.78, 5) is 6.82. The number of nitrogens with zero attached hydrogens (tertiary/aromatic N) is 2. The van der Waals surface area contributed by atoms with Gasteiger partial charge in [-0.05, 0) is 36.4 Å². The van der Waals surface area contributed by atoms with Crippen LogP contribution in [0.15, 0.2) is 46.2 Å². The quantitative estimate of drug-likeness (QED) is 0.691. The first-order valence-corrected chi connectivity index (χ1v) is 7.44. The molecule has 2 aromatic rings. The molecule has 0 unspecified atom stereocenters. The van der Waals surface area contributed by atoms with Crippen LogP contribution in [0.2, 0.25) is 0 Å². The lowest BCUT2D eigenvalue weighted by atomic mass is 10.2. The molecule has 0 atom stereocenters. The van der Waals surface area contributed by atoms with Crippen LogP contribution in [0.5, 0.6) is 0 Å². The second-order valence-electron chi connectivity index (χ2n) is 5.38. The highest BCUT2D eigenvalue weighted by molar-refractivity contribution is 7.99. The van der Waals surface area contributed by atoms with Crippen molar-refractivity contribution < 1.29 is 0 Å². The number of hydrogen-bond acceptors (Lipinski definition) is 4. The van der Waals surface area contributed by atoms with Crippen LogP contribution in [0, 0.1) is 0 Å². The van der Waals surface area contributed by atoms with Crippen LogP contribution in [0.4, 0.5) is 22.7 Å². The molecule has 0 aromatic heterocycles. The van der Waals surface area contributed by atoms with Crippen molar-refractivity contribution in [3.8, 4) is 0 Å². The lowest BCUT2D eigenvalue weighted by Crippen LogP contribution is -2.10. The van der Waals surface area contributed by atoms with Gasteiger partial charge in [0.1, 0.15) is 0 Å². The van der Waals surface area contributed by atoms with Crippen LogP contribution in [0.1, 0.15) is 14.9 Å². The van der Waals surface area contributed by atoms with Gasteiger partial charge in [-0.2, -0.15) is 0 Å². The topological polar surface area (TPSA) is 18.5 Å². The lowest BCUT2D eigenvalue weighted by Gasteiger charge is -2.24. The molecule has 0 fully saturated rings. The number of nitrogens with one attached hydrogen (secondary N) is 1.